The monoisotopic (exact) mass is 236 g/mol. The highest BCUT2D eigenvalue weighted by atomic mass is 16.6. The van der Waals surface area contributed by atoms with Crippen LogP contribution >= 0.6 is 0 Å². The average molecular weight is 236 g/mol. The number of nitrogens with zero attached hydrogens (tertiary/aromatic N) is 3. The van der Waals surface area contributed by atoms with Crippen LogP contribution in [0.15, 0.2) is 12.3 Å². The average Bonchev–Trinajstić information content (AvgIpc) is 2.77. The second-order valence-corrected chi connectivity index (χ2v) is 4.33. The fourth-order valence-electron chi connectivity index (χ4n) is 2.11. The van der Waals surface area contributed by atoms with Gasteiger partial charge in [0, 0.05) is 31.4 Å². The maximum absolute atomic E-state index is 11.0. The van der Waals surface area contributed by atoms with Crippen molar-refractivity contribution >= 4 is 11.5 Å². The van der Waals surface area contributed by atoms with Crippen LogP contribution in [0.5, 0.6) is 0 Å². The first-order valence-corrected chi connectivity index (χ1v) is 5.65. The summed E-state index contributed by atoms with van der Waals surface area (Å²) < 4.78 is 0. The normalized spacial score (nSPS) is 19.6. The van der Waals surface area contributed by atoms with Gasteiger partial charge in [-0.05, 0) is 26.0 Å². The third-order valence-corrected chi connectivity index (χ3v) is 3.08. The fraction of sp³-hybridized carbons (Fsp3) is 0.545. The van der Waals surface area contributed by atoms with Gasteiger partial charge in [0.05, 0.1) is 4.92 Å². The van der Waals surface area contributed by atoms with Crippen LogP contribution in [-0.4, -0.2) is 36.1 Å². The number of rotatable bonds is 3. The zero-order chi connectivity index (χ0) is 12.4. The lowest BCUT2D eigenvalue weighted by atomic mass is 10.2. The molecule has 1 saturated heterocycles. The molecule has 1 aliphatic rings. The minimum Gasteiger partial charge on any atom is -0.349 e. The first kappa shape index (κ1) is 11.8. The van der Waals surface area contributed by atoms with Gasteiger partial charge in [0.25, 0.3) is 0 Å². The molecule has 1 aromatic rings. The summed E-state index contributed by atoms with van der Waals surface area (Å²) in [6, 6.07) is 1.97. The fourth-order valence-corrected chi connectivity index (χ4v) is 2.11. The van der Waals surface area contributed by atoms with Crippen molar-refractivity contribution in [2.75, 3.05) is 25.0 Å². The maximum atomic E-state index is 11.0. The van der Waals surface area contributed by atoms with Crippen LogP contribution in [0.4, 0.5) is 11.5 Å². The number of pyridine rings is 1. The molecule has 6 nitrogen and oxygen atoms in total. The first-order valence-electron chi connectivity index (χ1n) is 5.65. The summed E-state index contributed by atoms with van der Waals surface area (Å²) in [4.78, 5) is 16.8. The van der Waals surface area contributed by atoms with Crippen molar-refractivity contribution in [1.29, 1.82) is 0 Å². The second kappa shape index (κ2) is 4.67. The molecule has 1 unspecified atom stereocenters. The van der Waals surface area contributed by atoms with Crippen LogP contribution in [0.1, 0.15) is 12.0 Å². The summed E-state index contributed by atoms with van der Waals surface area (Å²) in [5, 5.41) is 14.2. The number of nitrogens with one attached hydrogen (secondary N) is 1. The van der Waals surface area contributed by atoms with E-state index in [-0.39, 0.29) is 10.6 Å². The molecule has 17 heavy (non-hydrogen) atoms. The Labute approximate surface area is 99.8 Å². The van der Waals surface area contributed by atoms with Crippen LogP contribution in [0.2, 0.25) is 0 Å². The number of hydrogen-bond donors (Lipinski definition) is 1. The molecule has 0 aromatic carbocycles. The Morgan fingerprint density at radius 1 is 1.65 bits per heavy atom. The molecule has 0 saturated carbocycles. The second-order valence-electron chi connectivity index (χ2n) is 4.33. The Hall–Kier alpha value is -1.69. The van der Waals surface area contributed by atoms with Gasteiger partial charge in [0.15, 0.2) is 0 Å². The molecule has 2 heterocycles. The third kappa shape index (κ3) is 2.36. The Morgan fingerprint density at radius 2 is 2.41 bits per heavy atom. The Kier molecular flexibility index (Phi) is 3.23. The maximum Gasteiger partial charge on any atom is 0.311 e. The lowest BCUT2D eigenvalue weighted by Gasteiger charge is -2.17. The molecule has 1 fully saturated rings. The lowest BCUT2D eigenvalue weighted by molar-refractivity contribution is -0.384. The molecule has 0 spiro atoms. The summed E-state index contributed by atoms with van der Waals surface area (Å²) in [5.74, 6) is 0.485. The standard InChI is InChI=1S/C11H16N4O2/c1-8-5-10(15(16)17)11(13-6-8)14-4-3-9(7-14)12-2/h5-6,9,12H,3-4,7H2,1-2H3. The molecule has 0 amide bonds. The van der Waals surface area contributed by atoms with Crippen LogP contribution in [0.25, 0.3) is 0 Å². The Balaban J connectivity index is 2.29. The van der Waals surface area contributed by atoms with Gasteiger partial charge < -0.3 is 10.2 Å². The van der Waals surface area contributed by atoms with E-state index in [9.17, 15) is 10.1 Å². The molecule has 1 atom stereocenters. The SMILES string of the molecule is CNC1CCN(c2ncc(C)cc2[N+](=O)[O-])C1. The molecule has 92 valence electrons. The number of likely N-dealkylation sites (N-methyl/N-ethyl adjacent to an activating group) is 1. The van der Waals surface area contributed by atoms with Crippen molar-refractivity contribution in [1.82, 2.24) is 10.3 Å². The van der Waals surface area contributed by atoms with E-state index in [4.69, 9.17) is 0 Å². The van der Waals surface area contributed by atoms with Gasteiger partial charge >= 0.3 is 5.69 Å². The highest BCUT2D eigenvalue weighted by Crippen LogP contribution is 2.28. The van der Waals surface area contributed by atoms with Crippen molar-refractivity contribution < 1.29 is 4.92 Å². The molecular formula is C11H16N4O2. The number of aryl methyl sites for hydroxylation is 1. The van der Waals surface area contributed by atoms with E-state index in [1.807, 2.05) is 18.9 Å². The van der Waals surface area contributed by atoms with Crippen molar-refractivity contribution in [2.24, 2.45) is 0 Å². The van der Waals surface area contributed by atoms with Gasteiger partial charge in [-0.1, -0.05) is 0 Å². The van der Waals surface area contributed by atoms with E-state index >= 15 is 0 Å². The summed E-state index contributed by atoms with van der Waals surface area (Å²) in [7, 11) is 1.91. The van der Waals surface area contributed by atoms with E-state index in [2.05, 4.69) is 10.3 Å². The highest BCUT2D eigenvalue weighted by Gasteiger charge is 2.27. The van der Waals surface area contributed by atoms with Gasteiger partial charge in [-0.25, -0.2) is 4.98 Å². The van der Waals surface area contributed by atoms with Gasteiger partial charge in [0.2, 0.25) is 5.82 Å². The van der Waals surface area contributed by atoms with E-state index in [0.717, 1.165) is 25.1 Å². The van der Waals surface area contributed by atoms with Crippen LogP contribution in [0.3, 0.4) is 0 Å². The topological polar surface area (TPSA) is 71.3 Å². The number of anilines is 1. The molecule has 1 N–H and O–H groups in total. The molecule has 0 radical (unpaired) electrons. The summed E-state index contributed by atoms with van der Waals surface area (Å²) in [6.07, 6.45) is 2.66. The number of hydrogen-bond acceptors (Lipinski definition) is 5. The summed E-state index contributed by atoms with van der Waals surface area (Å²) in [6.45, 7) is 3.39. The smallest absolute Gasteiger partial charge is 0.311 e. The van der Waals surface area contributed by atoms with E-state index in [1.165, 1.54) is 0 Å². The van der Waals surface area contributed by atoms with Gasteiger partial charge in [-0.2, -0.15) is 0 Å². The van der Waals surface area contributed by atoms with Crippen molar-refractivity contribution in [3.8, 4) is 0 Å². The van der Waals surface area contributed by atoms with Gasteiger partial charge in [0.1, 0.15) is 0 Å². The van der Waals surface area contributed by atoms with Crippen molar-refractivity contribution in [3.05, 3.63) is 27.9 Å². The molecule has 0 bridgehead atoms. The molecular weight excluding hydrogens is 220 g/mol. The number of nitro groups is 1. The molecule has 1 aliphatic heterocycles. The zero-order valence-electron chi connectivity index (χ0n) is 10.0. The molecule has 0 aliphatic carbocycles. The van der Waals surface area contributed by atoms with Crippen molar-refractivity contribution in [2.45, 2.75) is 19.4 Å². The predicted octanol–water partition coefficient (Wildman–Crippen LogP) is 1.10. The largest absolute Gasteiger partial charge is 0.349 e. The van der Waals surface area contributed by atoms with E-state index < -0.39 is 0 Å². The Morgan fingerprint density at radius 3 is 3.00 bits per heavy atom. The van der Waals surface area contributed by atoms with Crippen LogP contribution < -0.4 is 10.2 Å². The number of aromatic nitrogens is 1. The summed E-state index contributed by atoms with van der Waals surface area (Å²) in [5.41, 5.74) is 0.909. The molecule has 2 rings (SSSR count). The minimum atomic E-state index is -0.359. The van der Waals surface area contributed by atoms with Gasteiger partial charge in [-0.15, -0.1) is 0 Å². The zero-order valence-corrected chi connectivity index (χ0v) is 10.0. The van der Waals surface area contributed by atoms with Gasteiger partial charge in [-0.3, -0.25) is 10.1 Å². The van der Waals surface area contributed by atoms with E-state index in [0.29, 0.717) is 11.9 Å². The van der Waals surface area contributed by atoms with Crippen molar-refractivity contribution in [3.63, 3.8) is 0 Å². The van der Waals surface area contributed by atoms with Crippen LogP contribution in [-0.2, 0) is 0 Å². The summed E-state index contributed by atoms with van der Waals surface area (Å²) >= 11 is 0. The highest BCUT2D eigenvalue weighted by molar-refractivity contribution is 5.59. The Bertz CT molecular complexity index is 435. The quantitative estimate of drug-likeness (QED) is 0.628. The first-order chi connectivity index (χ1) is 8.11. The molecule has 1 aromatic heterocycles. The predicted molar refractivity (Wildman–Crippen MR) is 65.3 cm³/mol. The lowest BCUT2D eigenvalue weighted by Crippen LogP contribution is -2.30. The van der Waals surface area contributed by atoms with E-state index in [1.54, 1.807) is 12.3 Å². The van der Waals surface area contributed by atoms with Crippen LogP contribution in [0, 0.1) is 17.0 Å². The molecule has 6 heteroatoms. The minimum absolute atomic E-state index is 0.0988. The third-order valence-electron chi connectivity index (χ3n) is 3.08.